The molecule has 2 heterocycles. The van der Waals surface area contributed by atoms with Crippen molar-refractivity contribution in [2.24, 2.45) is 0 Å². The van der Waals surface area contributed by atoms with Crippen molar-refractivity contribution in [3.8, 4) is 11.5 Å². The van der Waals surface area contributed by atoms with Gasteiger partial charge < -0.3 is 14.9 Å². The predicted molar refractivity (Wildman–Crippen MR) is 111 cm³/mol. The van der Waals surface area contributed by atoms with Crippen molar-refractivity contribution in [1.29, 1.82) is 0 Å². The van der Waals surface area contributed by atoms with E-state index in [-0.39, 0.29) is 17.2 Å². The van der Waals surface area contributed by atoms with Crippen LogP contribution in [0.25, 0.3) is 10.2 Å². The van der Waals surface area contributed by atoms with Crippen LogP contribution in [0.4, 0.5) is 5.13 Å². The summed E-state index contributed by atoms with van der Waals surface area (Å²) >= 11 is 1.27. The number of rotatable bonds is 5. The van der Waals surface area contributed by atoms with Crippen LogP contribution in [-0.2, 0) is 0 Å². The Bertz CT molecular complexity index is 1180. The summed E-state index contributed by atoms with van der Waals surface area (Å²) in [7, 11) is 1.39. The molecule has 4 rings (SSSR count). The molecule has 4 aromatic rings. The first-order chi connectivity index (χ1) is 14.1. The summed E-state index contributed by atoms with van der Waals surface area (Å²) in [6.45, 7) is 0. The number of pyridine rings is 1. The number of nitrogens with zero attached hydrogens (tertiary/aromatic N) is 2. The number of anilines is 1. The fourth-order valence-corrected chi connectivity index (χ4v) is 3.83. The summed E-state index contributed by atoms with van der Waals surface area (Å²) < 4.78 is 5.81. The van der Waals surface area contributed by atoms with Gasteiger partial charge in [0.1, 0.15) is 6.10 Å². The molecule has 1 amide bonds. The van der Waals surface area contributed by atoms with Crippen LogP contribution in [0.2, 0.25) is 0 Å². The highest BCUT2D eigenvalue weighted by molar-refractivity contribution is 7.22. The Hall–Kier alpha value is -3.49. The second-order valence-corrected chi connectivity index (χ2v) is 7.25. The highest BCUT2D eigenvalue weighted by Gasteiger charge is 2.19. The molecule has 0 saturated carbocycles. The number of methoxy groups -OCH3 is 1. The zero-order valence-corrected chi connectivity index (χ0v) is 16.2. The molecule has 0 aliphatic heterocycles. The smallest absolute Gasteiger partial charge is 0.280 e. The maximum absolute atomic E-state index is 12.5. The van der Waals surface area contributed by atoms with E-state index in [0.29, 0.717) is 10.6 Å². The zero-order valence-electron chi connectivity index (χ0n) is 15.4. The Labute approximate surface area is 170 Å². The van der Waals surface area contributed by atoms with Crippen molar-refractivity contribution in [1.82, 2.24) is 9.97 Å². The van der Waals surface area contributed by atoms with E-state index >= 15 is 0 Å². The number of benzene rings is 2. The van der Waals surface area contributed by atoms with Gasteiger partial charge in [-0.2, -0.15) is 0 Å². The van der Waals surface area contributed by atoms with Gasteiger partial charge in [-0.25, -0.2) is 9.97 Å². The molecule has 0 fully saturated rings. The van der Waals surface area contributed by atoms with Gasteiger partial charge in [0.15, 0.2) is 22.3 Å². The third-order valence-electron chi connectivity index (χ3n) is 4.39. The molecule has 1 unspecified atom stereocenters. The summed E-state index contributed by atoms with van der Waals surface area (Å²) in [6.07, 6.45) is 0.627. The Morgan fingerprint density at radius 1 is 1.14 bits per heavy atom. The van der Waals surface area contributed by atoms with E-state index in [1.807, 2.05) is 36.4 Å². The average molecular weight is 407 g/mol. The standard InChI is InChI=1S/C21H17N3O4S/c1-28-15-9-10-22-17(19(15)26)20(27)24-21-23-14-8-7-13(11-16(14)29-21)18(25)12-5-3-2-4-6-12/h2-11,18,25-26H,1H3,(H,23,24,27). The first-order valence-electron chi connectivity index (χ1n) is 8.73. The third-order valence-corrected chi connectivity index (χ3v) is 5.32. The summed E-state index contributed by atoms with van der Waals surface area (Å²) in [4.78, 5) is 20.8. The van der Waals surface area contributed by atoms with Crippen LogP contribution >= 0.6 is 11.3 Å². The van der Waals surface area contributed by atoms with E-state index in [0.717, 1.165) is 15.8 Å². The molecule has 0 radical (unpaired) electrons. The number of aliphatic hydroxyl groups is 1. The van der Waals surface area contributed by atoms with Gasteiger partial charge in [-0.05, 0) is 23.3 Å². The van der Waals surface area contributed by atoms with E-state index in [4.69, 9.17) is 4.74 Å². The van der Waals surface area contributed by atoms with Gasteiger partial charge in [-0.1, -0.05) is 47.7 Å². The molecule has 7 nitrogen and oxygen atoms in total. The topological polar surface area (TPSA) is 105 Å². The first kappa shape index (κ1) is 18.9. The van der Waals surface area contributed by atoms with Crippen LogP contribution in [0.3, 0.4) is 0 Å². The second-order valence-electron chi connectivity index (χ2n) is 6.22. The molecule has 3 N–H and O–H groups in total. The lowest BCUT2D eigenvalue weighted by molar-refractivity contribution is 0.101. The fraction of sp³-hybridized carbons (Fsp3) is 0.0952. The minimum atomic E-state index is -0.751. The fourth-order valence-electron chi connectivity index (χ4n) is 2.92. The van der Waals surface area contributed by atoms with Gasteiger partial charge in [0, 0.05) is 12.3 Å². The third kappa shape index (κ3) is 3.75. The SMILES string of the molecule is COc1ccnc(C(=O)Nc2nc3ccc(C(O)c4ccccc4)cc3s2)c1O. The summed E-state index contributed by atoms with van der Waals surface area (Å²) in [5.74, 6) is -0.763. The number of ether oxygens (including phenoxy) is 1. The maximum atomic E-state index is 12.5. The van der Waals surface area contributed by atoms with E-state index in [9.17, 15) is 15.0 Å². The van der Waals surface area contributed by atoms with E-state index in [1.165, 1.54) is 30.7 Å². The van der Waals surface area contributed by atoms with Gasteiger partial charge >= 0.3 is 0 Å². The number of aromatic nitrogens is 2. The number of thiazole rings is 1. The molecule has 146 valence electrons. The Kier molecular flexibility index (Phi) is 5.11. The van der Waals surface area contributed by atoms with E-state index < -0.39 is 12.0 Å². The Morgan fingerprint density at radius 2 is 1.93 bits per heavy atom. The monoisotopic (exact) mass is 407 g/mol. The molecule has 0 spiro atoms. The number of hydrogen-bond donors (Lipinski definition) is 3. The lowest BCUT2D eigenvalue weighted by Crippen LogP contribution is -2.13. The Morgan fingerprint density at radius 3 is 2.69 bits per heavy atom. The molecule has 0 saturated heterocycles. The lowest BCUT2D eigenvalue weighted by atomic mass is 10.0. The molecule has 0 aliphatic carbocycles. The number of amides is 1. The maximum Gasteiger partial charge on any atom is 0.280 e. The van der Waals surface area contributed by atoms with Crippen molar-refractivity contribution in [2.45, 2.75) is 6.10 Å². The van der Waals surface area contributed by atoms with Crippen LogP contribution < -0.4 is 10.1 Å². The quantitative estimate of drug-likeness (QED) is 0.466. The number of carbonyl (C=O) groups is 1. The molecular formula is C21H17N3O4S. The highest BCUT2D eigenvalue weighted by atomic mass is 32.1. The van der Waals surface area contributed by atoms with Gasteiger partial charge in [-0.15, -0.1) is 0 Å². The van der Waals surface area contributed by atoms with Crippen molar-refractivity contribution >= 4 is 32.6 Å². The zero-order chi connectivity index (χ0) is 20.4. The summed E-state index contributed by atoms with van der Waals surface area (Å²) in [5, 5.41) is 23.7. The van der Waals surface area contributed by atoms with Crippen molar-refractivity contribution in [2.75, 3.05) is 12.4 Å². The van der Waals surface area contributed by atoms with Gasteiger partial charge in [0.05, 0.1) is 17.3 Å². The van der Waals surface area contributed by atoms with Crippen LogP contribution in [-0.4, -0.2) is 33.2 Å². The molecule has 2 aromatic heterocycles. The van der Waals surface area contributed by atoms with Crippen LogP contribution in [0, 0.1) is 0 Å². The predicted octanol–water partition coefficient (Wildman–Crippen LogP) is 3.74. The van der Waals surface area contributed by atoms with Gasteiger partial charge in [-0.3, -0.25) is 10.1 Å². The van der Waals surface area contributed by atoms with Crippen LogP contribution in [0.15, 0.2) is 60.8 Å². The number of hydrogen-bond acceptors (Lipinski definition) is 7. The lowest BCUT2D eigenvalue weighted by Gasteiger charge is -2.11. The number of carbonyl (C=O) groups excluding carboxylic acids is 1. The summed E-state index contributed by atoms with van der Waals surface area (Å²) in [5.41, 5.74) is 2.07. The van der Waals surface area contributed by atoms with Crippen molar-refractivity contribution in [3.05, 3.63) is 77.6 Å². The van der Waals surface area contributed by atoms with Gasteiger partial charge in [0.2, 0.25) is 0 Å². The van der Waals surface area contributed by atoms with Crippen molar-refractivity contribution in [3.63, 3.8) is 0 Å². The molecular weight excluding hydrogens is 390 g/mol. The normalized spacial score (nSPS) is 11.9. The van der Waals surface area contributed by atoms with E-state index in [1.54, 1.807) is 12.1 Å². The van der Waals surface area contributed by atoms with Crippen LogP contribution in [0.1, 0.15) is 27.7 Å². The van der Waals surface area contributed by atoms with E-state index in [2.05, 4.69) is 15.3 Å². The number of aromatic hydroxyl groups is 1. The average Bonchev–Trinajstić information content (AvgIpc) is 3.15. The summed E-state index contributed by atoms with van der Waals surface area (Å²) in [6, 6.07) is 16.3. The number of fused-ring (bicyclic) bond motifs is 1. The minimum Gasteiger partial charge on any atom is -0.503 e. The molecule has 0 bridgehead atoms. The number of aliphatic hydroxyl groups excluding tert-OH is 1. The Balaban J connectivity index is 1.59. The van der Waals surface area contributed by atoms with Crippen molar-refractivity contribution < 1.29 is 19.7 Å². The molecule has 2 aromatic carbocycles. The second kappa shape index (κ2) is 7.86. The molecule has 0 aliphatic rings. The van der Waals surface area contributed by atoms with Crippen LogP contribution in [0.5, 0.6) is 11.5 Å². The van der Waals surface area contributed by atoms with Gasteiger partial charge in [0.25, 0.3) is 5.91 Å². The molecule has 8 heteroatoms. The highest BCUT2D eigenvalue weighted by Crippen LogP contribution is 2.32. The number of nitrogens with one attached hydrogen (secondary N) is 1. The molecule has 1 atom stereocenters. The largest absolute Gasteiger partial charge is 0.503 e. The molecule has 29 heavy (non-hydrogen) atoms. The minimum absolute atomic E-state index is 0.149. The first-order valence-corrected chi connectivity index (χ1v) is 9.55.